The quantitative estimate of drug-likeness (QED) is 0.480. The highest BCUT2D eigenvalue weighted by atomic mass is 19.1. The number of aromatic amines is 1. The van der Waals surface area contributed by atoms with Crippen molar-refractivity contribution in [1.82, 2.24) is 24.7 Å². The number of hydrogen-bond donors (Lipinski definition) is 2. The summed E-state index contributed by atoms with van der Waals surface area (Å²) in [4.78, 5) is 24.7. The molecule has 7 heteroatoms. The lowest BCUT2D eigenvalue weighted by molar-refractivity contribution is 0.162. The van der Waals surface area contributed by atoms with Crippen LogP contribution in [0.25, 0.3) is 27.9 Å². The molecule has 6 nitrogen and oxygen atoms in total. The summed E-state index contributed by atoms with van der Waals surface area (Å²) in [6.45, 7) is 10.7. The number of H-pyrrole nitrogens is 1. The summed E-state index contributed by atoms with van der Waals surface area (Å²) in [6, 6.07) is 7.31. The number of pyridine rings is 1. The van der Waals surface area contributed by atoms with Gasteiger partial charge < -0.3 is 14.7 Å². The zero-order chi connectivity index (χ0) is 22.8. The van der Waals surface area contributed by atoms with E-state index in [4.69, 9.17) is 0 Å². The second-order valence-corrected chi connectivity index (χ2v) is 10.4. The standard InChI is InChI=1S/C25H28FN5O/c1-14-12-31-13-16(9-19(26)22(31)27-14)21-28-20-7-6-15(8-18(20)23(32)29-21)17-10-24(2,3)30-25(4,5)11-17/h6-9,12-13,17,30H,10-11H2,1-5H3,(H,28,29,32). The Morgan fingerprint density at radius 2 is 1.78 bits per heavy atom. The number of imidazole rings is 1. The van der Waals surface area contributed by atoms with Crippen molar-refractivity contribution < 1.29 is 4.39 Å². The number of aryl methyl sites for hydroxylation is 1. The van der Waals surface area contributed by atoms with Gasteiger partial charge in [-0.05, 0) is 77.1 Å². The van der Waals surface area contributed by atoms with Crippen molar-refractivity contribution in [2.45, 2.75) is 64.5 Å². The fraction of sp³-hybridized carbons (Fsp3) is 0.400. The van der Waals surface area contributed by atoms with E-state index in [0.717, 1.165) is 24.1 Å². The third-order valence-corrected chi connectivity index (χ3v) is 6.29. The molecule has 0 saturated carbocycles. The van der Waals surface area contributed by atoms with E-state index in [1.807, 2.05) is 19.1 Å². The topological polar surface area (TPSA) is 75.1 Å². The van der Waals surface area contributed by atoms with Crippen molar-refractivity contribution in [3.05, 3.63) is 64.1 Å². The molecular weight excluding hydrogens is 405 g/mol. The first-order chi connectivity index (χ1) is 15.0. The molecule has 3 aromatic heterocycles. The average molecular weight is 434 g/mol. The summed E-state index contributed by atoms with van der Waals surface area (Å²) in [5, 5.41) is 4.26. The molecule has 0 unspecified atom stereocenters. The molecule has 1 aliphatic heterocycles. The van der Waals surface area contributed by atoms with E-state index in [1.54, 1.807) is 16.8 Å². The van der Waals surface area contributed by atoms with Crippen LogP contribution < -0.4 is 10.9 Å². The van der Waals surface area contributed by atoms with Crippen molar-refractivity contribution in [2.75, 3.05) is 0 Å². The Morgan fingerprint density at radius 1 is 1.06 bits per heavy atom. The number of aromatic nitrogens is 4. The Labute approximate surface area is 185 Å². The molecule has 1 saturated heterocycles. The predicted molar refractivity (Wildman–Crippen MR) is 125 cm³/mol. The number of benzene rings is 1. The fourth-order valence-electron chi connectivity index (χ4n) is 5.41. The number of halogens is 1. The Balaban J connectivity index is 1.57. The lowest BCUT2D eigenvalue weighted by Crippen LogP contribution is -2.57. The van der Waals surface area contributed by atoms with E-state index >= 15 is 0 Å². The molecule has 0 bridgehead atoms. The van der Waals surface area contributed by atoms with E-state index in [9.17, 15) is 9.18 Å². The second-order valence-electron chi connectivity index (χ2n) is 10.4. The van der Waals surface area contributed by atoms with Crippen molar-refractivity contribution in [1.29, 1.82) is 0 Å². The number of piperidine rings is 1. The number of nitrogens with zero attached hydrogens (tertiary/aromatic N) is 3. The minimum absolute atomic E-state index is 0.0181. The van der Waals surface area contributed by atoms with Crippen molar-refractivity contribution >= 4 is 16.6 Å². The van der Waals surface area contributed by atoms with Gasteiger partial charge in [0.2, 0.25) is 0 Å². The van der Waals surface area contributed by atoms with Gasteiger partial charge in [0.1, 0.15) is 5.82 Å². The third kappa shape index (κ3) is 3.71. The zero-order valence-corrected chi connectivity index (χ0v) is 19.1. The summed E-state index contributed by atoms with van der Waals surface area (Å²) in [7, 11) is 0. The molecule has 32 heavy (non-hydrogen) atoms. The lowest BCUT2D eigenvalue weighted by atomic mass is 9.73. The van der Waals surface area contributed by atoms with E-state index in [0.29, 0.717) is 28.2 Å². The summed E-state index contributed by atoms with van der Waals surface area (Å²) in [5.74, 6) is 0.238. The highest BCUT2D eigenvalue weighted by Crippen LogP contribution is 2.39. The summed E-state index contributed by atoms with van der Waals surface area (Å²) in [6.07, 6.45) is 5.47. The van der Waals surface area contributed by atoms with E-state index in [1.165, 1.54) is 6.07 Å². The molecule has 2 N–H and O–H groups in total. The largest absolute Gasteiger partial charge is 0.307 e. The van der Waals surface area contributed by atoms with Crippen molar-refractivity contribution in [3.63, 3.8) is 0 Å². The van der Waals surface area contributed by atoms with E-state index in [2.05, 4.69) is 54.0 Å². The van der Waals surface area contributed by atoms with E-state index < -0.39 is 5.82 Å². The summed E-state index contributed by atoms with van der Waals surface area (Å²) in [5.41, 5.74) is 3.04. The van der Waals surface area contributed by atoms with Gasteiger partial charge in [0.05, 0.1) is 16.6 Å². The smallest absolute Gasteiger partial charge is 0.259 e. The zero-order valence-electron chi connectivity index (χ0n) is 19.1. The van der Waals surface area contributed by atoms with E-state index in [-0.39, 0.29) is 22.3 Å². The van der Waals surface area contributed by atoms with Gasteiger partial charge in [-0.1, -0.05) is 6.07 Å². The maximum absolute atomic E-state index is 14.5. The van der Waals surface area contributed by atoms with Gasteiger partial charge in [0, 0.05) is 29.0 Å². The predicted octanol–water partition coefficient (Wildman–Crippen LogP) is 4.71. The van der Waals surface area contributed by atoms with Gasteiger partial charge in [-0.3, -0.25) is 4.79 Å². The second kappa shape index (κ2) is 6.97. The van der Waals surface area contributed by atoms with Gasteiger partial charge in [0.25, 0.3) is 5.56 Å². The molecule has 4 aromatic rings. The number of hydrogen-bond acceptors (Lipinski definition) is 4. The lowest BCUT2D eigenvalue weighted by Gasteiger charge is -2.46. The number of nitrogens with one attached hydrogen (secondary N) is 2. The molecule has 0 aliphatic carbocycles. The highest BCUT2D eigenvalue weighted by molar-refractivity contribution is 5.80. The molecule has 0 atom stereocenters. The van der Waals surface area contributed by atoms with Crippen LogP contribution in [0, 0.1) is 12.7 Å². The Bertz CT molecular complexity index is 1400. The maximum Gasteiger partial charge on any atom is 0.259 e. The van der Waals surface area contributed by atoms with Gasteiger partial charge in [0.15, 0.2) is 11.5 Å². The van der Waals surface area contributed by atoms with Crippen LogP contribution in [0.4, 0.5) is 4.39 Å². The summed E-state index contributed by atoms with van der Waals surface area (Å²) < 4.78 is 16.2. The molecule has 0 amide bonds. The van der Waals surface area contributed by atoms with Gasteiger partial charge >= 0.3 is 0 Å². The molecule has 1 aromatic carbocycles. The maximum atomic E-state index is 14.5. The molecule has 166 valence electrons. The van der Waals surface area contributed by atoms with Gasteiger partial charge in [-0.2, -0.15) is 0 Å². The molecular formula is C25H28FN5O. The van der Waals surface area contributed by atoms with Gasteiger partial charge in [-0.15, -0.1) is 0 Å². The van der Waals surface area contributed by atoms with Crippen molar-refractivity contribution in [3.8, 4) is 11.4 Å². The van der Waals surface area contributed by atoms with Crippen molar-refractivity contribution in [2.24, 2.45) is 0 Å². The van der Waals surface area contributed by atoms with Crippen LogP contribution in [-0.4, -0.2) is 30.4 Å². The van der Waals surface area contributed by atoms with Crippen LogP contribution in [0.15, 0.2) is 41.5 Å². The Morgan fingerprint density at radius 3 is 2.50 bits per heavy atom. The first kappa shape index (κ1) is 20.8. The molecule has 1 aliphatic rings. The first-order valence-electron chi connectivity index (χ1n) is 11.0. The third-order valence-electron chi connectivity index (χ3n) is 6.29. The molecule has 5 rings (SSSR count). The van der Waals surface area contributed by atoms with Crippen LogP contribution in [0.1, 0.15) is 57.7 Å². The average Bonchev–Trinajstić information content (AvgIpc) is 3.06. The van der Waals surface area contributed by atoms with Crippen LogP contribution >= 0.6 is 0 Å². The van der Waals surface area contributed by atoms with Crippen LogP contribution in [-0.2, 0) is 0 Å². The molecule has 0 radical (unpaired) electrons. The molecule has 0 spiro atoms. The fourth-order valence-corrected chi connectivity index (χ4v) is 5.41. The normalized spacial score (nSPS) is 18.4. The summed E-state index contributed by atoms with van der Waals surface area (Å²) >= 11 is 0. The van der Waals surface area contributed by atoms with Crippen LogP contribution in [0.2, 0.25) is 0 Å². The number of rotatable bonds is 2. The number of fused-ring (bicyclic) bond motifs is 2. The minimum Gasteiger partial charge on any atom is -0.307 e. The minimum atomic E-state index is -0.454. The van der Waals surface area contributed by atoms with Crippen LogP contribution in [0.3, 0.4) is 0 Å². The molecule has 4 heterocycles. The molecule has 1 fully saturated rings. The Hall–Kier alpha value is -3.06. The van der Waals surface area contributed by atoms with Gasteiger partial charge in [-0.25, -0.2) is 14.4 Å². The SMILES string of the molecule is Cc1cn2cc(-c3nc4ccc(C5CC(C)(C)NC(C)(C)C5)cc4c(=O)[nH]3)cc(F)c2n1. The van der Waals surface area contributed by atoms with Crippen LogP contribution in [0.5, 0.6) is 0 Å². The first-order valence-corrected chi connectivity index (χ1v) is 11.0. The Kier molecular flexibility index (Phi) is 4.53. The monoisotopic (exact) mass is 433 g/mol. The highest BCUT2D eigenvalue weighted by Gasteiger charge is 2.38.